The Morgan fingerprint density at radius 1 is 0.602 bits per heavy atom. The maximum atomic E-state index is 13.7. The molecule has 0 bridgehead atoms. The minimum absolute atomic E-state index is 0.0110. The summed E-state index contributed by atoms with van der Waals surface area (Å²) in [4.78, 5) is 162. The van der Waals surface area contributed by atoms with Gasteiger partial charge < -0.3 is 89.1 Å². The zero-order valence-electron chi connectivity index (χ0n) is 52.0. The van der Waals surface area contributed by atoms with Crippen molar-refractivity contribution in [3.8, 4) is 0 Å². The SMILES string of the molecule is COC(=O)c1c(C)[nH]c2c1C13CC1CN(C(=O)/C=C/c1cc(NC(=O)c4cc(NC(=O)c5nc(NC(=O)CCCNC(=O)c6cc(NC(=O)c7cc(NC(=O)c8nc(NC(=O)c9nc(NC(C)=O)cn9C)cn8C)cn7C)cn6C)cn5C)cn4C)cn1C)C3=CC2=O. The molecule has 2 fully saturated rings. The number of nitrogens with zero attached hydrogens (tertiary/aromatic N) is 11. The fourth-order valence-corrected chi connectivity index (χ4v) is 11.8. The molecule has 8 aromatic heterocycles. The third-order valence-corrected chi connectivity index (χ3v) is 16.2. The van der Waals surface area contributed by atoms with E-state index in [1.165, 1.54) is 96.6 Å². The molecule has 480 valence electrons. The highest BCUT2D eigenvalue weighted by Crippen LogP contribution is 2.67. The number of hydrogen-bond donors (Lipinski definition) is 9. The third kappa shape index (κ3) is 12.2. The highest BCUT2D eigenvalue weighted by Gasteiger charge is 2.69. The van der Waals surface area contributed by atoms with Gasteiger partial charge >= 0.3 is 5.97 Å². The molecule has 2 atom stereocenters. The lowest BCUT2D eigenvalue weighted by Crippen LogP contribution is -2.33. The molecule has 11 rings (SSSR count). The summed E-state index contributed by atoms with van der Waals surface area (Å²) in [7, 11) is 12.6. The Bertz CT molecular complexity index is 4580. The highest BCUT2D eigenvalue weighted by molar-refractivity contribution is 6.12. The summed E-state index contributed by atoms with van der Waals surface area (Å²) < 4.78 is 15.6. The van der Waals surface area contributed by atoms with E-state index in [2.05, 4.69) is 62.5 Å². The van der Waals surface area contributed by atoms with Crippen molar-refractivity contribution in [2.24, 2.45) is 55.3 Å². The van der Waals surface area contributed by atoms with E-state index in [-0.39, 0.29) is 106 Å². The largest absolute Gasteiger partial charge is 0.465 e. The lowest BCUT2D eigenvalue weighted by Gasteiger charge is -2.27. The van der Waals surface area contributed by atoms with E-state index in [0.29, 0.717) is 58.2 Å². The Kier molecular flexibility index (Phi) is 16.4. The number of fused-ring (bicyclic) bond motifs is 1. The van der Waals surface area contributed by atoms with Crippen LogP contribution in [0, 0.1) is 12.8 Å². The number of aromatic amines is 1. The van der Waals surface area contributed by atoms with Gasteiger partial charge in [0.2, 0.25) is 35.1 Å². The smallest absolute Gasteiger partial charge is 0.340 e. The molecule has 93 heavy (non-hydrogen) atoms. The number of rotatable bonds is 20. The number of anilines is 7. The number of ether oxygens (including phenoxy) is 1. The number of esters is 1. The van der Waals surface area contributed by atoms with E-state index in [1.807, 2.05) is 0 Å². The highest BCUT2D eigenvalue weighted by atomic mass is 16.5. The predicted octanol–water partition coefficient (Wildman–Crippen LogP) is 3.93. The first kappa shape index (κ1) is 62.5. The second-order valence-corrected chi connectivity index (χ2v) is 22.9. The van der Waals surface area contributed by atoms with E-state index in [9.17, 15) is 52.7 Å². The zero-order valence-corrected chi connectivity index (χ0v) is 52.0. The van der Waals surface area contributed by atoms with Gasteiger partial charge in [-0.2, -0.15) is 0 Å². The van der Waals surface area contributed by atoms with Gasteiger partial charge in [0.15, 0.2) is 17.5 Å². The molecule has 8 aromatic rings. The van der Waals surface area contributed by atoms with Crippen molar-refractivity contribution in [1.82, 2.24) is 62.1 Å². The summed E-state index contributed by atoms with van der Waals surface area (Å²) in [6.45, 7) is 3.52. The first-order valence-electron chi connectivity index (χ1n) is 28.9. The minimum Gasteiger partial charge on any atom is -0.465 e. The summed E-state index contributed by atoms with van der Waals surface area (Å²) >= 11 is 0. The molecule has 32 nitrogen and oxygen atoms in total. The van der Waals surface area contributed by atoms with Crippen LogP contribution < -0.4 is 42.5 Å². The number of piperidine rings is 1. The number of aromatic nitrogens is 11. The van der Waals surface area contributed by atoms with Crippen molar-refractivity contribution in [2.45, 2.75) is 38.5 Å². The van der Waals surface area contributed by atoms with Gasteiger partial charge in [0.25, 0.3) is 41.4 Å². The lowest BCUT2D eigenvalue weighted by molar-refractivity contribution is -0.124. The van der Waals surface area contributed by atoms with Gasteiger partial charge in [0.1, 0.15) is 17.1 Å². The fourth-order valence-electron chi connectivity index (χ4n) is 11.8. The second kappa shape index (κ2) is 24.3. The predicted molar refractivity (Wildman–Crippen MR) is 335 cm³/mol. The molecule has 1 aliphatic heterocycles. The molecule has 0 radical (unpaired) electrons. The summed E-state index contributed by atoms with van der Waals surface area (Å²) in [5.74, 6) is -5.12. The first-order valence-corrected chi connectivity index (χ1v) is 28.9. The molecule has 0 aromatic carbocycles. The molecule has 2 unspecified atom stereocenters. The molecule has 2 aliphatic carbocycles. The number of carbonyl (C=O) groups excluding carboxylic acids is 11. The molecule has 9 amide bonds. The quantitative estimate of drug-likeness (QED) is 0.0297. The summed E-state index contributed by atoms with van der Waals surface area (Å²) in [5.41, 5.74) is 4.21. The second-order valence-electron chi connectivity index (χ2n) is 22.9. The summed E-state index contributed by atoms with van der Waals surface area (Å²) in [6.07, 6.45) is 16.1. The van der Waals surface area contributed by atoms with Crippen LogP contribution in [0.2, 0.25) is 0 Å². The molecular formula is C61H64N20O12. The molecule has 32 heteroatoms. The van der Waals surface area contributed by atoms with Gasteiger partial charge in [-0.1, -0.05) is 0 Å². The maximum absolute atomic E-state index is 13.7. The zero-order chi connectivity index (χ0) is 66.6. The number of H-pyrrole nitrogens is 1. The van der Waals surface area contributed by atoms with Gasteiger partial charge in [-0.3, -0.25) is 47.9 Å². The van der Waals surface area contributed by atoms with Crippen molar-refractivity contribution in [3.63, 3.8) is 0 Å². The normalized spacial score (nSPS) is 15.2. The minimum atomic E-state index is -0.637. The Hall–Kier alpha value is -12.1. The van der Waals surface area contributed by atoms with Gasteiger partial charge in [-0.25, -0.2) is 19.7 Å². The Morgan fingerprint density at radius 2 is 1.08 bits per heavy atom. The summed E-state index contributed by atoms with van der Waals surface area (Å²) in [6, 6.07) is 6.10. The number of carbonyl (C=O) groups is 11. The molecule has 9 heterocycles. The number of likely N-dealkylation sites (tertiary alicyclic amines) is 1. The van der Waals surface area contributed by atoms with Crippen molar-refractivity contribution in [2.75, 3.05) is 57.4 Å². The first-order chi connectivity index (χ1) is 44.2. The molecule has 9 N–H and O–H groups in total. The van der Waals surface area contributed by atoms with Crippen LogP contribution in [0.1, 0.15) is 127 Å². The van der Waals surface area contributed by atoms with E-state index in [1.54, 1.807) is 96.5 Å². The number of amides is 9. The number of ketones is 1. The molecular weight excluding hydrogens is 1200 g/mol. The van der Waals surface area contributed by atoms with E-state index >= 15 is 0 Å². The van der Waals surface area contributed by atoms with Crippen LogP contribution in [0.25, 0.3) is 6.08 Å². The van der Waals surface area contributed by atoms with Crippen LogP contribution in [0.4, 0.5) is 40.2 Å². The molecule has 3 aliphatic rings. The van der Waals surface area contributed by atoms with Crippen LogP contribution >= 0.6 is 0 Å². The number of allylic oxidation sites excluding steroid dienone is 2. The Balaban J connectivity index is 0.612. The van der Waals surface area contributed by atoms with E-state index < -0.39 is 52.7 Å². The standard InChI is InChI=1S/C61H64N20O12/c1-30-48(60(92)93-10)49-50(63-30)41(83)20-42-61(49)21-32(61)22-81(42)47(85)14-13-37-16-33(23-74(37)3)65-55(87)39-18-35(25-76(39)5)67-57(89)51-71-44(28-79(51)8)69-46(84)12-11-15-62-54(86)38-17-34(24-75(38)4)66-56(88)40-19-36(26-77(40)6)68-58(90)52-72-45(29-80(52)9)73-59(91)53-70-43(27-78(53)7)64-31(2)82/h13-14,16-20,23-29,32,63H,11-12,15,21-22H2,1-10H3,(H,62,86)(H,64,82)(H,65,87)(H,66,88)(H,67,89)(H,68,90)(H,69,84)(H,73,91)/b14-13+. The van der Waals surface area contributed by atoms with Crippen molar-refractivity contribution in [1.29, 1.82) is 0 Å². The lowest BCUT2D eigenvalue weighted by atomic mass is 9.82. The summed E-state index contributed by atoms with van der Waals surface area (Å²) in [5, 5.41) is 21.6. The molecule has 1 saturated carbocycles. The van der Waals surface area contributed by atoms with Gasteiger partial charge in [-0.05, 0) is 56.0 Å². The van der Waals surface area contributed by atoms with Crippen LogP contribution in [0.15, 0.2) is 85.5 Å². The Labute approximate surface area is 528 Å². The average Bonchev–Trinajstić information content (AvgIpc) is 1.50. The van der Waals surface area contributed by atoms with E-state index in [0.717, 1.165) is 0 Å². The van der Waals surface area contributed by atoms with Crippen molar-refractivity contribution in [3.05, 3.63) is 148 Å². The van der Waals surface area contributed by atoms with Crippen LogP contribution in [0.5, 0.6) is 0 Å². The average molecular weight is 1270 g/mol. The number of imidazole rings is 3. The number of hydrogen-bond acceptors (Lipinski definition) is 15. The van der Waals surface area contributed by atoms with Gasteiger partial charge in [0, 0.05) is 159 Å². The maximum Gasteiger partial charge on any atom is 0.340 e. The molecule has 1 saturated heterocycles. The number of nitrogens with one attached hydrogen (secondary N) is 9. The van der Waals surface area contributed by atoms with E-state index in [4.69, 9.17) is 4.74 Å². The van der Waals surface area contributed by atoms with Crippen LogP contribution in [0.3, 0.4) is 0 Å². The van der Waals surface area contributed by atoms with Crippen molar-refractivity contribution < 1.29 is 57.5 Å². The van der Waals surface area contributed by atoms with Gasteiger partial charge in [-0.15, -0.1) is 0 Å². The van der Waals surface area contributed by atoms with Crippen LogP contribution in [-0.4, -0.2) is 142 Å². The van der Waals surface area contributed by atoms with Crippen molar-refractivity contribution >= 4 is 111 Å². The molecule has 1 spiro atoms. The third-order valence-electron chi connectivity index (χ3n) is 16.2. The Morgan fingerprint density at radius 3 is 1.60 bits per heavy atom. The fraction of sp³-hybridized carbons (Fsp3) is 0.279. The van der Waals surface area contributed by atoms with Crippen LogP contribution in [-0.2, 0) is 73.9 Å². The van der Waals surface area contributed by atoms with Gasteiger partial charge in [0.05, 0.1) is 41.1 Å². The number of aryl methyl sites for hydroxylation is 8. The topological polar surface area (TPSA) is 385 Å². The number of methoxy groups -OCH3 is 1. The monoisotopic (exact) mass is 1270 g/mol.